The molecule has 7 nitrogen and oxygen atoms in total. The minimum absolute atomic E-state index is 0.245. The van der Waals surface area contributed by atoms with E-state index in [1.54, 1.807) is 56.7 Å². The van der Waals surface area contributed by atoms with Crippen LogP contribution >= 0.6 is 11.3 Å². The van der Waals surface area contributed by atoms with Gasteiger partial charge in [0.25, 0.3) is 5.56 Å². The van der Waals surface area contributed by atoms with Crippen molar-refractivity contribution in [2.24, 2.45) is 17.1 Å². The molecule has 0 fully saturated rings. The molecule has 0 unspecified atom stereocenters. The summed E-state index contributed by atoms with van der Waals surface area (Å²) in [5, 5.41) is 15.6. The van der Waals surface area contributed by atoms with E-state index in [0.29, 0.717) is 27.4 Å². The molecule has 0 atom stereocenters. The van der Waals surface area contributed by atoms with Crippen LogP contribution in [0.4, 0.5) is 10.1 Å². The second-order valence-electron chi connectivity index (χ2n) is 8.22. The van der Waals surface area contributed by atoms with Gasteiger partial charge in [0.1, 0.15) is 5.82 Å². The molecule has 0 amide bonds. The number of benzene rings is 3. The summed E-state index contributed by atoms with van der Waals surface area (Å²) in [6.45, 7) is 1.85. The van der Waals surface area contributed by atoms with Gasteiger partial charge in [0.2, 0.25) is 4.80 Å². The minimum atomic E-state index is -0.335. The summed E-state index contributed by atoms with van der Waals surface area (Å²) < 4.78 is 18.6. The first-order valence-electron chi connectivity index (χ1n) is 11.4. The molecule has 0 aliphatic carbocycles. The zero-order chi connectivity index (χ0) is 25.9. The highest BCUT2D eigenvalue weighted by atomic mass is 32.1. The molecule has 0 saturated heterocycles. The lowest BCUT2D eigenvalue weighted by molar-refractivity contribution is 0.628. The van der Waals surface area contributed by atoms with Gasteiger partial charge >= 0.3 is 0 Å². The zero-order valence-electron chi connectivity index (χ0n) is 20.0. The molecule has 0 spiro atoms. The van der Waals surface area contributed by atoms with Crippen molar-refractivity contribution in [1.82, 2.24) is 14.0 Å². The number of aromatic nitrogens is 3. The molecule has 182 valence electrons. The predicted molar refractivity (Wildman–Crippen MR) is 143 cm³/mol. The van der Waals surface area contributed by atoms with Gasteiger partial charge in [0.05, 0.1) is 34.9 Å². The second-order valence-corrected chi connectivity index (χ2v) is 9.06. The molecule has 5 rings (SSSR count). The molecule has 0 bridgehead atoms. The SMILES string of the molecule is Cc1c(N=c2scc(-c3ccc(F)cc3)n2N=Cc2ccc(C#N)cc2)c(=O)n(-c2ccccc2)n1C. The first-order valence-corrected chi connectivity index (χ1v) is 12.2. The summed E-state index contributed by atoms with van der Waals surface area (Å²) in [5.74, 6) is -0.335. The van der Waals surface area contributed by atoms with Crippen molar-refractivity contribution in [2.45, 2.75) is 6.92 Å². The third-order valence-electron chi connectivity index (χ3n) is 5.92. The van der Waals surface area contributed by atoms with Gasteiger partial charge in [-0.25, -0.2) is 18.7 Å². The minimum Gasteiger partial charge on any atom is -0.283 e. The van der Waals surface area contributed by atoms with Crippen molar-refractivity contribution in [2.75, 3.05) is 0 Å². The van der Waals surface area contributed by atoms with Crippen LogP contribution < -0.4 is 10.4 Å². The van der Waals surface area contributed by atoms with Crippen molar-refractivity contribution in [3.8, 4) is 23.0 Å². The van der Waals surface area contributed by atoms with Crippen LogP contribution in [0.5, 0.6) is 0 Å². The van der Waals surface area contributed by atoms with Crippen molar-refractivity contribution in [3.63, 3.8) is 0 Å². The highest BCUT2D eigenvalue weighted by molar-refractivity contribution is 7.07. The van der Waals surface area contributed by atoms with E-state index >= 15 is 0 Å². The quantitative estimate of drug-likeness (QED) is 0.308. The van der Waals surface area contributed by atoms with Gasteiger partial charge in [-0.2, -0.15) is 10.4 Å². The summed E-state index contributed by atoms with van der Waals surface area (Å²) >= 11 is 1.33. The Bertz CT molecular complexity index is 1770. The molecular weight excluding hydrogens is 487 g/mol. The van der Waals surface area contributed by atoms with Gasteiger partial charge < -0.3 is 0 Å². The lowest BCUT2D eigenvalue weighted by Gasteiger charge is -2.07. The molecule has 0 saturated carbocycles. The van der Waals surface area contributed by atoms with Gasteiger partial charge in [0.15, 0.2) is 5.69 Å². The fourth-order valence-electron chi connectivity index (χ4n) is 3.85. The Morgan fingerprint density at radius 1 is 1.00 bits per heavy atom. The largest absolute Gasteiger partial charge is 0.297 e. The van der Waals surface area contributed by atoms with Crippen LogP contribution in [-0.4, -0.2) is 20.3 Å². The summed E-state index contributed by atoms with van der Waals surface area (Å²) in [4.78, 5) is 18.6. The fraction of sp³-hybridized carbons (Fsp3) is 0.0714. The second kappa shape index (κ2) is 10.0. The molecule has 2 heterocycles. The van der Waals surface area contributed by atoms with Gasteiger partial charge in [-0.15, -0.1) is 11.3 Å². The Labute approximate surface area is 215 Å². The molecule has 37 heavy (non-hydrogen) atoms. The molecule has 0 aliphatic rings. The predicted octanol–water partition coefficient (Wildman–Crippen LogP) is 5.14. The number of hydrogen-bond donors (Lipinski definition) is 0. The zero-order valence-corrected chi connectivity index (χ0v) is 20.9. The number of para-hydroxylation sites is 1. The van der Waals surface area contributed by atoms with Crippen molar-refractivity contribution in [1.29, 1.82) is 5.26 Å². The number of halogens is 1. The molecule has 9 heteroatoms. The third-order valence-corrected chi connectivity index (χ3v) is 6.73. The first-order chi connectivity index (χ1) is 18.0. The van der Waals surface area contributed by atoms with Crippen LogP contribution in [0.2, 0.25) is 0 Å². The first kappa shape index (κ1) is 23.9. The average molecular weight is 509 g/mol. The molecule has 3 aromatic carbocycles. The highest BCUT2D eigenvalue weighted by Gasteiger charge is 2.17. The fourth-order valence-corrected chi connectivity index (χ4v) is 4.70. The van der Waals surface area contributed by atoms with E-state index in [2.05, 4.69) is 11.2 Å². The van der Waals surface area contributed by atoms with Crippen LogP contribution in [0, 0.1) is 24.1 Å². The van der Waals surface area contributed by atoms with E-state index in [0.717, 1.165) is 16.8 Å². The molecular formula is C28H21FN6OS. The Balaban J connectivity index is 1.67. The topological polar surface area (TPSA) is 80.4 Å². The van der Waals surface area contributed by atoms with Crippen LogP contribution in [0.25, 0.3) is 16.9 Å². The van der Waals surface area contributed by atoms with Crippen LogP contribution in [0.3, 0.4) is 0 Å². The van der Waals surface area contributed by atoms with E-state index in [4.69, 9.17) is 10.3 Å². The molecule has 0 radical (unpaired) electrons. The van der Waals surface area contributed by atoms with Crippen LogP contribution in [0.1, 0.15) is 16.8 Å². The Kier molecular flexibility index (Phi) is 6.49. The highest BCUT2D eigenvalue weighted by Crippen LogP contribution is 2.22. The van der Waals surface area contributed by atoms with E-state index in [1.807, 2.05) is 49.7 Å². The maximum Gasteiger partial charge on any atom is 0.297 e. The Morgan fingerprint density at radius 2 is 1.70 bits per heavy atom. The number of hydrogen-bond acceptors (Lipinski definition) is 5. The maximum atomic E-state index is 13.6. The van der Waals surface area contributed by atoms with Gasteiger partial charge in [-0.3, -0.25) is 9.48 Å². The van der Waals surface area contributed by atoms with Gasteiger partial charge in [0, 0.05) is 18.0 Å². The summed E-state index contributed by atoms with van der Waals surface area (Å²) in [5.41, 5.74) is 4.30. The standard InChI is InChI=1S/C28H21FN6OS/c1-19-26(27(36)35(33(19)2)24-6-4-3-5-7-24)32-28-34(31-17-21-10-8-20(16-30)9-11-21)25(18-37-28)22-12-14-23(29)15-13-22/h3-15,17-18H,1-2H3. The van der Waals surface area contributed by atoms with E-state index < -0.39 is 0 Å². The van der Waals surface area contributed by atoms with E-state index in [1.165, 1.54) is 23.5 Å². The van der Waals surface area contributed by atoms with Crippen molar-refractivity contribution in [3.05, 3.63) is 122 Å². The Morgan fingerprint density at radius 3 is 2.38 bits per heavy atom. The summed E-state index contributed by atoms with van der Waals surface area (Å²) in [6, 6.07) is 24.6. The monoisotopic (exact) mass is 508 g/mol. The molecule has 0 N–H and O–H groups in total. The summed E-state index contributed by atoms with van der Waals surface area (Å²) in [6.07, 6.45) is 1.65. The Hall–Kier alpha value is -4.81. The lowest BCUT2D eigenvalue weighted by Crippen LogP contribution is -2.19. The summed E-state index contributed by atoms with van der Waals surface area (Å²) in [7, 11) is 1.82. The van der Waals surface area contributed by atoms with Crippen molar-refractivity contribution < 1.29 is 4.39 Å². The van der Waals surface area contributed by atoms with E-state index in [9.17, 15) is 9.18 Å². The number of nitriles is 1. The number of nitrogens with zero attached hydrogens (tertiary/aromatic N) is 6. The lowest BCUT2D eigenvalue weighted by atomic mass is 10.2. The van der Waals surface area contributed by atoms with Gasteiger partial charge in [-0.05, 0) is 61.0 Å². The van der Waals surface area contributed by atoms with Crippen LogP contribution in [0.15, 0.2) is 99.1 Å². The third kappa shape index (κ3) is 4.70. The van der Waals surface area contributed by atoms with Crippen LogP contribution in [-0.2, 0) is 7.05 Å². The smallest absolute Gasteiger partial charge is 0.283 e. The van der Waals surface area contributed by atoms with E-state index in [-0.39, 0.29) is 11.4 Å². The normalized spacial score (nSPS) is 11.8. The van der Waals surface area contributed by atoms with Gasteiger partial charge in [-0.1, -0.05) is 30.3 Å². The molecule has 2 aromatic heterocycles. The molecule has 5 aromatic rings. The maximum absolute atomic E-state index is 13.6. The van der Waals surface area contributed by atoms with Crippen molar-refractivity contribution >= 4 is 23.2 Å². The number of thiazole rings is 1. The molecule has 0 aliphatic heterocycles. The average Bonchev–Trinajstić information content (AvgIpc) is 3.42. The number of rotatable bonds is 5.